The zero-order valence-electron chi connectivity index (χ0n) is 18.9. The van der Waals surface area contributed by atoms with Crippen LogP contribution in [0.2, 0.25) is 0 Å². The summed E-state index contributed by atoms with van der Waals surface area (Å²) in [6, 6.07) is 0. The van der Waals surface area contributed by atoms with Crippen LogP contribution in [0.25, 0.3) is 0 Å². The number of hydrogen-bond donors (Lipinski definition) is 0. The highest BCUT2D eigenvalue weighted by molar-refractivity contribution is 6.00. The van der Waals surface area contributed by atoms with E-state index >= 15 is 0 Å². The molecule has 0 saturated heterocycles. The van der Waals surface area contributed by atoms with Crippen LogP contribution >= 0.6 is 0 Å². The molecular formula is C24H32O6. The molecular weight excluding hydrogens is 384 g/mol. The molecule has 6 heteroatoms. The van der Waals surface area contributed by atoms with Crippen LogP contribution < -0.4 is 0 Å². The van der Waals surface area contributed by atoms with Gasteiger partial charge in [-0.2, -0.15) is 0 Å². The number of aryl methyl sites for hydroxylation is 1. The molecule has 0 aliphatic heterocycles. The van der Waals surface area contributed by atoms with Crippen LogP contribution in [0, 0.1) is 30.1 Å². The fourth-order valence-corrected chi connectivity index (χ4v) is 4.88. The van der Waals surface area contributed by atoms with Crippen LogP contribution in [0.1, 0.15) is 82.2 Å². The molecule has 1 fully saturated rings. The molecule has 5 atom stereocenters. The molecule has 164 valence electrons. The van der Waals surface area contributed by atoms with Gasteiger partial charge in [0.25, 0.3) is 0 Å². The molecule has 1 aromatic rings. The van der Waals surface area contributed by atoms with Crippen LogP contribution in [0.5, 0.6) is 0 Å². The molecule has 30 heavy (non-hydrogen) atoms. The van der Waals surface area contributed by atoms with Gasteiger partial charge in [0.2, 0.25) is 5.78 Å². The molecule has 2 aliphatic rings. The van der Waals surface area contributed by atoms with Crippen LogP contribution in [0.15, 0.2) is 22.3 Å². The second-order valence-corrected chi connectivity index (χ2v) is 9.52. The third-order valence-corrected chi connectivity index (χ3v) is 6.72. The molecule has 0 N–H and O–H groups in total. The third-order valence-electron chi connectivity index (χ3n) is 6.72. The van der Waals surface area contributed by atoms with E-state index in [9.17, 15) is 14.4 Å². The molecule has 0 amide bonds. The number of carbonyl (C=O) groups is 3. The quantitative estimate of drug-likeness (QED) is 0.510. The Bertz CT molecular complexity index is 888. The van der Waals surface area contributed by atoms with Crippen molar-refractivity contribution in [1.29, 1.82) is 0 Å². The van der Waals surface area contributed by atoms with E-state index in [1.54, 1.807) is 13.8 Å². The number of ether oxygens (including phenoxy) is 2. The number of fused-ring (bicyclic) bond motifs is 2. The van der Waals surface area contributed by atoms with E-state index in [0.29, 0.717) is 12.0 Å². The third kappa shape index (κ3) is 3.61. The fourth-order valence-electron chi connectivity index (χ4n) is 4.88. The summed E-state index contributed by atoms with van der Waals surface area (Å²) in [4.78, 5) is 38.5. The molecule has 6 nitrogen and oxygen atoms in total. The van der Waals surface area contributed by atoms with Crippen LogP contribution in [0.4, 0.5) is 0 Å². The first-order valence-electron chi connectivity index (χ1n) is 10.7. The first-order chi connectivity index (χ1) is 14.0. The molecule has 1 aromatic heterocycles. The van der Waals surface area contributed by atoms with Crippen molar-refractivity contribution in [2.24, 2.45) is 23.2 Å². The molecule has 3 rings (SSSR count). The van der Waals surface area contributed by atoms with E-state index in [0.717, 1.165) is 17.6 Å². The number of furan rings is 1. The normalized spacial score (nSPS) is 30.3. The Kier molecular flexibility index (Phi) is 5.99. The predicted molar refractivity (Wildman–Crippen MR) is 111 cm³/mol. The Hall–Kier alpha value is -2.37. The molecule has 0 bridgehead atoms. The summed E-state index contributed by atoms with van der Waals surface area (Å²) in [6.07, 6.45) is 3.07. The highest BCUT2D eigenvalue weighted by Crippen LogP contribution is 2.60. The number of hydrogen-bond acceptors (Lipinski definition) is 6. The summed E-state index contributed by atoms with van der Waals surface area (Å²) in [5.41, 5.74) is 1.55. The predicted octanol–water partition coefficient (Wildman–Crippen LogP) is 4.96. The first-order valence-corrected chi connectivity index (χ1v) is 10.7. The highest BCUT2D eigenvalue weighted by Gasteiger charge is 2.62. The SMILES string of the molecule is CC(C)=CC(=O)OC1CCC(C)C2(C)C(OC(=O)C(C)C)c3c(C)coc3C(=O)C12. The number of Topliss-reactive ketones (excluding diaryl/α,β-unsaturated/α-hetero) is 1. The Labute approximate surface area is 178 Å². The molecule has 0 radical (unpaired) electrons. The van der Waals surface area contributed by atoms with Crippen molar-refractivity contribution in [3.63, 3.8) is 0 Å². The summed E-state index contributed by atoms with van der Waals surface area (Å²) in [6.45, 7) is 13.1. The van der Waals surface area contributed by atoms with Crippen LogP contribution in [-0.2, 0) is 19.1 Å². The van der Waals surface area contributed by atoms with Crippen LogP contribution in [0.3, 0.4) is 0 Å². The summed E-state index contributed by atoms with van der Waals surface area (Å²) in [5, 5.41) is 0. The van der Waals surface area contributed by atoms with Crippen molar-refractivity contribution in [1.82, 2.24) is 0 Å². The Morgan fingerprint density at radius 2 is 1.90 bits per heavy atom. The zero-order chi connectivity index (χ0) is 22.4. The highest BCUT2D eigenvalue weighted by atomic mass is 16.6. The average Bonchev–Trinajstić information content (AvgIpc) is 3.02. The van der Waals surface area contributed by atoms with Crippen molar-refractivity contribution >= 4 is 17.7 Å². The molecule has 1 saturated carbocycles. The summed E-state index contributed by atoms with van der Waals surface area (Å²) >= 11 is 0. The molecule has 1 heterocycles. The van der Waals surface area contributed by atoms with Gasteiger partial charge in [0.15, 0.2) is 5.76 Å². The minimum atomic E-state index is -0.711. The fraction of sp³-hybridized carbons (Fsp3) is 0.625. The molecule has 2 aliphatic carbocycles. The molecule has 0 aromatic carbocycles. The number of ketones is 1. The van der Waals surface area contributed by atoms with E-state index in [-0.39, 0.29) is 29.3 Å². The Balaban J connectivity index is 2.10. The van der Waals surface area contributed by atoms with Gasteiger partial charge in [-0.15, -0.1) is 0 Å². The lowest BCUT2D eigenvalue weighted by atomic mass is 9.53. The second-order valence-electron chi connectivity index (χ2n) is 9.52. The Morgan fingerprint density at radius 1 is 1.23 bits per heavy atom. The topological polar surface area (TPSA) is 82.8 Å². The largest absolute Gasteiger partial charge is 0.460 e. The average molecular weight is 417 g/mol. The van der Waals surface area contributed by atoms with Gasteiger partial charge in [0.1, 0.15) is 12.2 Å². The van der Waals surface area contributed by atoms with E-state index in [1.807, 2.05) is 27.7 Å². The Morgan fingerprint density at radius 3 is 2.50 bits per heavy atom. The van der Waals surface area contributed by atoms with E-state index in [2.05, 4.69) is 6.92 Å². The summed E-state index contributed by atoms with van der Waals surface area (Å²) in [7, 11) is 0. The van der Waals surface area contributed by atoms with Gasteiger partial charge >= 0.3 is 11.9 Å². The number of allylic oxidation sites excluding steroid dienone is 1. The lowest BCUT2D eigenvalue weighted by Crippen LogP contribution is -2.56. The van der Waals surface area contributed by atoms with E-state index in [1.165, 1.54) is 12.3 Å². The van der Waals surface area contributed by atoms with Gasteiger partial charge < -0.3 is 13.9 Å². The van der Waals surface area contributed by atoms with E-state index < -0.39 is 29.5 Å². The smallest absolute Gasteiger partial charge is 0.330 e. The maximum absolute atomic E-state index is 13.6. The van der Waals surface area contributed by atoms with Crippen molar-refractivity contribution in [2.45, 2.75) is 73.5 Å². The van der Waals surface area contributed by atoms with Crippen molar-refractivity contribution in [3.8, 4) is 0 Å². The molecule has 0 spiro atoms. The van der Waals surface area contributed by atoms with Gasteiger partial charge in [-0.1, -0.05) is 33.3 Å². The first kappa shape index (κ1) is 22.3. The number of carbonyl (C=O) groups excluding carboxylic acids is 3. The van der Waals surface area contributed by atoms with Crippen molar-refractivity contribution in [3.05, 3.63) is 34.8 Å². The van der Waals surface area contributed by atoms with Crippen LogP contribution in [-0.4, -0.2) is 23.8 Å². The maximum Gasteiger partial charge on any atom is 0.330 e. The van der Waals surface area contributed by atoms with Gasteiger partial charge in [-0.05, 0) is 45.1 Å². The van der Waals surface area contributed by atoms with Gasteiger partial charge in [0, 0.05) is 17.1 Å². The summed E-state index contributed by atoms with van der Waals surface area (Å²) < 4.78 is 17.4. The second kappa shape index (κ2) is 8.05. The van der Waals surface area contributed by atoms with E-state index in [4.69, 9.17) is 13.9 Å². The van der Waals surface area contributed by atoms with Gasteiger partial charge in [0.05, 0.1) is 18.1 Å². The van der Waals surface area contributed by atoms with Crippen molar-refractivity contribution in [2.75, 3.05) is 0 Å². The lowest BCUT2D eigenvalue weighted by molar-refractivity contribution is -0.182. The van der Waals surface area contributed by atoms with Gasteiger partial charge in [-0.3, -0.25) is 9.59 Å². The number of rotatable bonds is 4. The number of esters is 2. The standard InChI is InChI=1S/C24H32O6/c1-12(2)10-17(25)29-16-9-8-15(6)24(7)19(16)20(26)21-18(14(5)11-28-21)22(24)30-23(27)13(3)4/h10-11,13,15-16,19,22H,8-9H2,1-7H3. The monoisotopic (exact) mass is 416 g/mol. The lowest BCUT2D eigenvalue weighted by Gasteiger charge is -2.53. The van der Waals surface area contributed by atoms with Gasteiger partial charge in [-0.25, -0.2) is 4.79 Å². The molecule has 5 unspecified atom stereocenters. The zero-order valence-corrected chi connectivity index (χ0v) is 18.9. The minimum absolute atomic E-state index is 0.0808. The summed E-state index contributed by atoms with van der Waals surface area (Å²) in [5.74, 6) is -1.60. The van der Waals surface area contributed by atoms with Crippen molar-refractivity contribution < 1.29 is 28.3 Å². The maximum atomic E-state index is 13.6. The minimum Gasteiger partial charge on any atom is -0.460 e.